The number of hydrogen-bond acceptors (Lipinski definition) is 7. The zero-order valence-corrected chi connectivity index (χ0v) is 16.9. The summed E-state index contributed by atoms with van der Waals surface area (Å²) in [7, 11) is 0. The van der Waals surface area contributed by atoms with E-state index >= 15 is 0 Å². The Hall–Kier alpha value is -3.16. The van der Waals surface area contributed by atoms with Crippen LogP contribution in [0.1, 0.15) is 6.42 Å². The predicted octanol–water partition coefficient (Wildman–Crippen LogP) is 3.23. The van der Waals surface area contributed by atoms with Gasteiger partial charge in [-0.25, -0.2) is 4.98 Å². The molecule has 1 fully saturated rings. The van der Waals surface area contributed by atoms with Gasteiger partial charge in [-0.1, -0.05) is 12.1 Å². The third kappa shape index (κ3) is 3.58. The van der Waals surface area contributed by atoms with E-state index in [0.29, 0.717) is 11.5 Å². The number of rotatable bonds is 5. The molecule has 2 aromatic heterocycles. The van der Waals surface area contributed by atoms with Crippen LogP contribution in [0.5, 0.6) is 0 Å². The molecule has 0 amide bonds. The quantitative estimate of drug-likeness (QED) is 0.267. The lowest BCUT2D eigenvalue weighted by Crippen LogP contribution is -2.37. The van der Waals surface area contributed by atoms with Crippen molar-refractivity contribution in [2.75, 3.05) is 56.2 Å². The fourth-order valence-electron chi connectivity index (χ4n) is 4.19. The lowest BCUT2D eigenvalue weighted by Gasteiger charge is -2.26. The molecule has 4 aromatic rings. The van der Waals surface area contributed by atoms with Gasteiger partial charge in [0.25, 0.3) is 0 Å². The monoisotopic (exact) mass is 402 g/mol. The smallest absolute Gasteiger partial charge is 0.133 e. The first-order chi connectivity index (χ1) is 14.7. The molecule has 7 nitrogen and oxygen atoms in total. The number of nitrogen functional groups attached to an aromatic ring is 2. The highest BCUT2D eigenvalue weighted by Crippen LogP contribution is 2.34. The van der Waals surface area contributed by atoms with Crippen molar-refractivity contribution in [2.24, 2.45) is 0 Å². The summed E-state index contributed by atoms with van der Waals surface area (Å²) >= 11 is 0. The van der Waals surface area contributed by atoms with E-state index in [4.69, 9.17) is 16.2 Å². The number of nitrogens with two attached hydrogens (primary N) is 2. The Morgan fingerprint density at radius 2 is 1.77 bits per heavy atom. The Kier molecular flexibility index (Phi) is 4.98. The second kappa shape index (κ2) is 7.93. The minimum Gasteiger partial charge on any atom is -0.399 e. The maximum Gasteiger partial charge on any atom is 0.133 e. The van der Waals surface area contributed by atoms with Crippen molar-refractivity contribution in [3.8, 4) is 0 Å². The average molecular weight is 403 g/mol. The van der Waals surface area contributed by atoms with Crippen LogP contribution in [0.3, 0.4) is 0 Å². The van der Waals surface area contributed by atoms with Gasteiger partial charge >= 0.3 is 0 Å². The minimum atomic E-state index is 0.494. The van der Waals surface area contributed by atoms with Gasteiger partial charge in [0.1, 0.15) is 5.82 Å². The predicted molar refractivity (Wildman–Crippen MR) is 124 cm³/mol. The van der Waals surface area contributed by atoms with Crippen molar-refractivity contribution in [1.82, 2.24) is 14.9 Å². The number of aromatic nitrogens is 2. The number of hydrogen-bond donors (Lipinski definition) is 3. The molecule has 0 aliphatic carbocycles. The number of ether oxygens (including phenoxy) is 1. The van der Waals surface area contributed by atoms with E-state index < -0.39 is 0 Å². The molecule has 2 aromatic carbocycles. The zero-order valence-electron chi connectivity index (χ0n) is 16.9. The average Bonchev–Trinajstić information content (AvgIpc) is 2.77. The standard InChI is InChI=1S/C23H26N6O/c24-15-2-4-17-20(12-15)27-14-19-22(17)18-5-3-16(13-21(18)28-23(19)25)26-6-1-7-29-8-10-30-11-9-29/h2-5,12-14,26H,1,6-11,24H2,(H2,25,28). The molecule has 7 heteroatoms. The molecular formula is C23H26N6O. The maximum absolute atomic E-state index is 6.29. The summed E-state index contributed by atoms with van der Waals surface area (Å²) in [6, 6.07) is 12.1. The van der Waals surface area contributed by atoms with Crippen molar-refractivity contribution in [1.29, 1.82) is 0 Å². The van der Waals surface area contributed by atoms with Crippen molar-refractivity contribution in [2.45, 2.75) is 6.42 Å². The summed E-state index contributed by atoms with van der Waals surface area (Å²) in [5, 5.41) is 7.56. The Bertz CT molecular complexity index is 1220. The minimum absolute atomic E-state index is 0.494. The van der Waals surface area contributed by atoms with Gasteiger partial charge in [0, 0.05) is 58.8 Å². The first-order valence-corrected chi connectivity index (χ1v) is 10.4. The van der Waals surface area contributed by atoms with Crippen LogP contribution in [-0.4, -0.2) is 54.3 Å². The maximum atomic E-state index is 6.29. The largest absolute Gasteiger partial charge is 0.399 e. The van der Waals surface area contributed by atoms with Crippen LogP contribution < -0.4 is 16.8 Å². The van der Waals surface area contributed by atoms with Gasteiger partial charge in [-0.15, -0.1) is 0 Å². The van der Waals surface area contributed by atoms with E-state index in [2.05, 4.69) is 38.4 Å². The summed E-state index contributed by atoms with van der Waals surface area (Å²) in [5.41, 5.74) is 15.7. The third-order valence-electron chi connectivity index (χ3n) is 5.76. The first-order valence-electron chi connectivity index (χ1n) is 10.4. The molecule has 0 unspecified atom stereocenters. The number of benzene rings is 2. The molecule has 0 radical (unpaired) electrons. The Morgan fingerprint density at radius 1 is 0.967 bits per heavy atom. The van der Waals surface area contributed by atoms with Gasteiger partial charge in [0.05, 0.1) is 24.2 Å². The van der Waals surface area contributed by atoms with E-state index in [1.54, 1.807) is 6.20 Å². The first kappa shape index (κ1) is 18.8. The molecule has 0 spiro atoms. The highest BCUT2D eigenvalue weighted by Gasteiger charge is 2.12. The number of pyridine rings is 2. The highest BCUT2D eigenvalue weighted by atomic mass is 16.5. The molecule has 0 atom stereocenters. The van der Waals surface area contributed by atoms with Crippen LogP contribution in [0.25, 0.3) is 32.6 Å². The van der Waals surface area contributed by atoms with E-state index in [1.807, 2.05) is 18.2 Å². The number of morpholine rings is 1. The second-order valence-electron chi connectivity index (χ2n) is 7.79. The van der Waals surface area contributed by atoms with Gasteiger partial charge in [0.15, 0.2) is 0 Å². The zero-order chi connectivity index (χ0) is 20.5. The molecule has 1 aliphatic rings. The Balaban J connectivity index is 1.42. The van der Waals surface area contributed by atoms with Gasteiger partial charge in [-0.3, -0.25) is 9.88 Å². The summed E-state index contributed by atoms with van der Waals surface area (Å²) in [6.45, 7) is 5.74. The topological polar surface area (TPSA) is 102 Å². The number of anilines is 3. The number of fused-ring (bicyclic) bond motifs is 5. The van der Waals surface area contributed by atoms with Crippen LogP contribution in [0.2, 0.25) is 0 Å². The molecule has 0 bridgehead atoms. The number of nitrogens with zero attached hydrogens (tertiary/aromatic N) is 3. The van der Waals surface area contributed by atoms with Crippen molar-refractivity contribution >= 4 is 49.8 Å². The summed E-state index contributed by atoms with van der Waals surface area (Å²) in [6.07, 6.45) is 2.87. The summed E-state index contributed by atoms with van der Waals surface area (Å²) in [4.78, 5) is 11.6. The van der Waals surface area contributed by atoms with E-state index in [1.165, 1.54) is 0 Å². The van der Waals surface area contributed by atoms with E-state index in [9.17, 15) is 0 Å². The highest BCUT2D eigenvalue weighted by molar-refractivity contribution is 6.21. The molecule has 5 N–H and O–H groups in total. The van der Waals surface area contributed by atoms with Crippen LogP contribution in [0, 0.1) is 0 Å². The van der Waals surface area contributed by atoms with Gasteiger partial charge in [0.2, 0.25) is 0 Å². The molecule has 30 heavy (non-hydrogen) atoms. The summed E-state index contributed by atoms with van der Waals surface area (Å²) < 4.78 is 5.40. The van der Waals surface area contributed by atoms with Crippen molar-refractivity contribution < 1.29 is 4.74 Å². The fraction of sp³-hybridized carbons (Fsp3) is 0.304. The molecule has 1 saturated heterocycles. The normalized spacial score (nSPS) is 15.2. The third-order valence-corrected chi connectivity index (χ3v) is 5.76. The SMILES string of the molecule is Nc1ccc2c(c1)ncc1c(N)nc3cc(NCCCN4CCOCC4)ccc3c12. The molecule has 5 rings (SSSR count). The number of nitrogens with one attached hydrogen (secondary N) is 1. The van der Waals surface area contributed by atoms with Crippen molar-refractivity contribution in [3.63, 3.8) is 0 Å². The van der Waals surface area contributed by atoms with Gasteiger partial charge in [-0.2, -0.15) is 0 Å². The Labute approximate surface area is 175 Å². The lowest BCUT2D eigenvalue weighted by atomic mass is 10.0. The summed E-state index contributed by atoms with van der Waals surface area (Å²) in [5.74, 6) is 0.494. The lowest BCUT2D eigenvalue weighted by molar-refractivity contribution is 0.0378. The molecular weight excluding hydrogens is 376 g/mol. The van der Waals surface area contributed by atoms with Crippen molar-refractivity contribution in [3.05, 3.63) is 42.6 Å². The van der Waals surface area contributed by atoms with E-state index in [0.717, 1.165) is 84.1 Å². The molecule has 154 valence electrons. The Morgan fingerprint density at radius 3 is 2.63 bits per heavy atom. The van der Waals surface area contributed by atoms with Crippen LogP contribution in [0.4, 0.5) is 17.2 Å². The fourth-order valence-corrected chi connectivity index (χ4v) is 4.19. The second-order valence-corrected chi connectivity index (χ2v) is 7.79. The van der Waals surface area contributed by atoms with Gasteiger partial charge in [-0.05, 0) is 37.2 Å². The molecule has 1 aliphatic heterocycles. The van der Waals surface area contributed by atoms with Crippen LogP contribution in [-0.2, 0) is 4.74 Å². The van der Waals surface area contributed by atoms with Crippen LogP contribution in [0.15, 0.2) is 42.6 Å². The van der Waals surface area contributed by atoms with Crippen LogP contribution >= 0.6 is 0 Å². The van der Waals surface area contributed by atoms with E-state index in [-0.39, 0.29) is 0 Å². The molecule has 0 saturated carbocycles. The molecule has 3 heterocycles. The van der Waals surface area contributed by atoms with Gasteiger partial charge < -0.3 is 21.5 Å².